The van der Waals surface area contributed by atoms with Gasteiger partial charge in [-0.05, 0) is 86.8 Å². The van der Waals surface area contributed by atoms with Crippen molar-refractivity contribution in [2.45, 2.75) is 30.6 Å². The van der Waals surface area contributed by atoms with Crippen LogP contribution in [0.25, 0.3) is 0 Å². The fraction of sp³-hybridized carbons (Fsp3) is 0.519. The number of carbonyl (C=O) groups excluding carboxylic acids is 1. The summed E-state index contributed by atoms with van der Waals surface area (Å²) in [6, 6.07) is 13.1. The Morgan fingerprint density at radius 1 is 1.09 bits per heavy atom. The predicted octanol–water partition coefficient (Wildman–Crippen LogP) is 5.70. The fourth-order valence-corrected chi connectivity index (χ4v) is 5.67. The summed E-state index contributed by atoms with van der Waals surface area (Å²) < 4.78 is 13.3. The molecule has 2 fully saturated rings. The van der Waals surface area contributed by atoms with Gasteiger partial charge in [-0.3, -0.25) is 4.90 Å². The molecular formula is C27H36ClFN4OS. The quantitative estimate of drug-likeness (QED) is 0.455. The molecule has 2 aromatic carbocycles. The van der Waals surface area contributed by atoms with Crippen LogP contribution in [-0.4, -0.2) is 79.3 Å². The second kappa shape index (κ2) is 12.9. The molecule has 2 aliphatic heterocycles. The summed E-state index contributed by atoms with van der Waals surface area (Å²) in [6.07, 6.45) is 7.03. The number of benzene rings is 2. The highest BCUT2D eigenvalue weighted by molar-refractivity contribution is 7.98. The number of urea groups is 1. The standard InChI is InChI=1S/C27H36ClFN4OS/c1-35-24-9-6-21(7-10-24)4-2-12-31-13-3-5-22(19-31)20-32-14-16-33(17-15-32)27(34)30-23-8-11-26(29)25(28)18-23/h6-11,18,22H,2-5,12-17,19-20H2,1H3,(H,30,34)/t22-/m1/s1. The lowest BCUT2D eigenvalue weighted by atomic mass is 9.96. The van der Waals surface area contributed by atoms with Crippen molar-refractivity contribution >= 4 is 35.1 Å². The Balaban J connectivity index is 1.15. The van der Waals surface area contributed by atoms with Gasteiger partial charge in [-0.2, -0.15) is 0 Å². The van der Waals surface area contributed by atoms with E-state index in [-0.39, 0.29) is 11.1 Å². The van der Waals surface area contributed by atoms with Crippen molar-refractivity contribution in [2.24, 2.45) is 5.92 Å². The number of thioether (sulfide) groups is 1. The van der Waals surface area contributed by atoms with Gasteiger partial charge in [0.1, 0.15) is 5.82 Å². The number of amides is 2. The van der Waals surface area contributed by atoms with E-state index in [1.165, 1.54) is 67.6 Å². The van der Waals surface area contributed by atoms with Crippen molar-refractivity contribution in [1.82, 2.24) is 14.7 Å². The molecule has 1 N–H and O–H groups in total. The highest BCUT2D eigenvalue weighted by Crippen LogP contribution is 2.22. The van der Waals surface area contributed by atoms with Crippen LogP contribution in [0.2, 0.25) is 5.02 Å². The average Bonchev–Trinajstić information content (AvgIpc) is 2.87. The first-order valence-corrected chi connectivity index (χ1v) is 14.2. The molecule has 0 bridgehead atoms. The zero-order valence-electron chi connectivity index (χ0n) is 20.5. The molecule has 4 rings (SSSR count). The number of piperidine rings is 1. The van der Waals surface area contributed by atoms with Crippen LogP contribution < -0.4 is 5.32 Å². The molecule has 2 aliphatic rings. The van der Waals surface area contributed by atoms with Crippen molar-refractivity contribution in [1.29, 1.82) is 0 Å². The molecule has 0 aromatic heterocycles. The third kappa shape index (κ3) is 7.84. The topological polar surface area (TPSA) is 38.8 Å². The fourth-order valence-electron chi connectivity index (χ4n) is 5.08. The summed E-state index contributed by atoms with van der Waals surface area (Å²) in [7, 11) is 0. The van der Waals surface area contributed by atoms with Gasteiger partial charge in [-0.15, -0.1) is 11.8 Å². The second-order valence-electron chi connectivity index (χ2n) is 9.61. The molecule has 8 heteroatoms. The normalized spacial score (nSPS) is 19.6. The van der Waals surface area contributed by atoms with Crippen molar-refractivity contribution in [3.63, 3.8) is 0 Å². The lowest BCUT2D eigenvalue weighted by Crippen LogP contribution is -2.52. The predicted molar refractivity (Wildman–Crippen MR) is 144 cm³/mol. The van der Waals surface area contributed by atoms with Crippen molar-refractivity contribution < 1.29 is 9.18 Å². The summed E-state index contributed by atoms with van der Waals surface area (Å²) in [5.74, 6) is 0.215. The minimum atomic E-state index is -0.486. The largest absolute Gasteiger partial charge is 0.322 e. The molecule has 0 unspecified atom stereocenters. The van der Waals surface area contributed by atoms with Gasteiger partial charge in [0.05, 0.1) is 5.02 Å². The Bertz CT molecular complexity index is 968. The Labute approximate surface area is 218 Å². The molecule has 35 heavy (non-hydrogen) atoms. The van der Waals surface area contributed by atoms with Crippen LogP contribution in [0.4, 0.5) is 14.9 Å². The molecule has 2 heterocycles. The number of hydrogen-bond donors (Lipinski definition) is 1. The molecule has 5 nitrogen and oxygen atoms in total. The van der Waals surface area contributed by atoms with E-state index in [2.05, 4.69) is 45.6 Å². The van der Waals surface area contributed by atoms with E-state index in [9.17, 15) is 9.18 Å². The second-order valence-corrected chi connectivity index (χ2v) is 10.9. The molecule has 0 aliphatic carbocycles. The Hall–Kier alpha value is -1.80. The van der Waals surface area contributed by atoms with E-state index in [0.717, 1.165) is 26.1 Å². The van der Waals surface area contributed by atoms with Gasteiger partial charge >= 0.3 is 6.03 Å². The monoisotopic (exact) mass is 518 g/mol. The SMILES string of the molecule is CSc1ccc(CCCN2CCC[C@@H](CN3CCN(C(=O)Nc4ccc(F)c(Cl)c4)CC3)C2)cc1. The first-order valence-electron chi connectivity index (χ1n) is 12.6. The molecule has 0 saturated carbocycles. The number of nitrogens with one attached hydrogen (secondary N) is 1. The van der Waals surface area contributed by atoms with Gasteiger partial charge in [0.15, 0.2) is 0 Å². The van der Waals surface area contributed by atoms with Gasteiger partial charge in [-0.1, -0.05) is 23.7 Å². The highest BCUT2D eigenvalue weighted by atomic mass is 35.5. The van der Waals surface area contributed by atoms with Crippen LogP contribution >= 0.6 is 23.4 Å². The highest BCUT2D eigenvalue weighted by Gasteiger charge is 2.26. The summed E-state index contributed by atoms with van der Waals surface area (Å²) in [4.78, 5) is 20.9. The van der Waals surface area contributed by atoms with Gasteiger partial charge in [-0.25, -0.2) is 9.18 Å². The summed E-state index contributed by atoms with van der Waals surface area (Å²) in [6.45, 7) is 7.85. The Morgan fingerprint density at radius 3 is 2.57 bits per heavy atom. The van der Waals surface area contributed by atoms with Crippen LogP contribution in [0.15, 0.2) is 47.4 Å². The maximum atomic E-state index is 13.3. The van der Waals surface area contributed by atoms with E-state index in [0.29, 0.717) is 24.7 Å². The molecule has 2 amide bonds. The number of halogens is 2. The summed E-state index contributed by atoms with van der Waals surface area (Å²) >= 11 is 7.61. The molecule has 0 radical (unpaired) electrons. The number of likely N-dealkylation sites (tertiary alicyclic amines) is 1. The van der Waals surface area contributed by atoms with Gasteiger partial charge in [0.25, 0.3) is 0 Å². The number of aryl methyl sites for hydroxylation is 1. The minimum Gasteiger partial charge on any atom is -0.322 e. The molecule has 1 atom stereocenters. The number of hydrogen-bond acceptors (Lipinski definition) is 4. The molecule has 2 saturated heterocycles. The minimum absolute atomic E-state index is 0.0129. The van der Waals surface area contributed by atoms with E-state index in [4.69, 9.17) is 11.6 Å². The van der Waals surface area contributed by atoms with Gasteiger partial charge in [0.2, 0.25) is 0 Å². The molecular weight excluding hydrogens is 483 g/mol. The zero-order valence-corrected chi connectivity index (χ0v) is 22.1. The molecule has 190 valence electrons. The zero-order chi connectivity index (χ0) is 24.6. The third-order valence-electron chi connectivity index (χ3n) is 7.05. The number of piperazine rings is 1. The third-order valence-corrected chi connectivity index (χ3v) is 8.08. The molecule has 2 aromatic rings. The maximum absolute atomic E-state index is 13.3. The van der Waals surface area contributed by atoms with Crippen LogP contribution in [0.5, 0.6) is 0 Å². The Kier molecular flexibility index (Phi) is 9.72. The van der Waals surface area contributed by atoms with Gasteiger partial charge in [0, 0.05) is 49.9 Å². The van der Waals surface area contributed by atoms with Crippen molar-refractivity contribution in [3.05, 3.63) is 58.9 Å². The number of carbonyl (C=O) groups is 1. The first kappa shape index (κ1) is 26.3. The number of rotatable bonds is 8. The maximum Gasteiger partial charge on any atom is 0.321 e. The Morgan fingerprint density at radius 2 is 1.86 bits per heavy atom. The summed E-state index contributed by atoms with van der Waals surface area (Å²) in [5.41, 5.74) is 1.95. The smallest absolute Gasteiger partial charge is 0.321 e. The van der Waals surface area contributed by atoms with Crippen molar-refractivity contribution in [3.8, 4) is 0 Å². The number of nitrogens with zero attached hydrogens (tertiary/aromatic N) is 3. The van der Waals surface area contributed by atoms with E-state index < -0.39 is 5.82 Å². The van der Waals surface area contributed by atoms with Crippen LogP contribution in [0, 0.1) is 11.7 Å². The van der Waals surface area contributed by atoms with Crippen molar-refractivity contribution in [2.75, 3.05) is 63.9 Å². The van der Waals surface area contributed by atoms with Crippen LogP contribution in [-0.2, 0) is 6.42 Å². The lowest BCUT2D eigenvalue weighted by molar-refractivity contribution is 0.101. The average molecular weight is 519 g/mol. The van der Waals surface area contributed by atoms with Crippen LogP contribution in [0.1, 0.15) is 24.8 Å². The van der Waals surface area contributed by atoms with Gasteiger partial charge < -0.3 is 15.1 Å². The first-order chi connectivity index (χ1) is 17.0. The number of anilines is 1. The lowest BCUT2D eigenvalue weighted by Gasteiger charge is -2.39. The van der Waals surface area contributed by atoms with E-state index in [1.807, 2.05) is 4.90 Å². The molecule has 0 spiro atoms. The van der Waals surface area contributed by atoms with E-state index >= 15 is 0 Å². The van der Waals surface area contributed by atoms with Crippen LogP contribution in [0.3, 0.4) is 0 Å². The summed E-state index contributed by atoms with van der Waals surface area (Å²) in [5, 5.41) is 2.84. The van der Waals surface area contributed by atoms with E-state index in [1.54, 1.807) is 11.8 Å².